The zero-order valence-corrected chi connectivity index (χ0v) is 12.2. The predicted molar refractivity (Wildman–Crippen MR) is 75.3 cm³/mol. The third kappa shape index (κ3) is 5.61. The monoisotopic (exact) mass is 250 g/mol. The SMILES string of the molecule is CC(C)NCc1cccc(COC(C)C(C)C)n1. The van der Waals surface area contributed by atoms with E-state index in [0.29, 0.717) is 18.6 Å². The Labute approximate surface area is 111 Å². The van der Waals surface area contributed by atoms with Gasteiger partial charge in [0.2, 0.25) is 0 Å². The van der Waals surface area contributed by atoms with Crippen LogP contribution in [0.4, 0.5) is 0 Å². The van der Waals surface area contributed by atoms with Crippen molar-refractivity contribution < 1.29 is 4.74 Å². The molecule has 1 heterocycles. The van der Waals surface area contributed by atoms with Gasteiger partial charge in [0.05, 0.1) is 24.1 Å². The van der Waals surface area contributed by atoms with Crippen LogP contribution < -0.4 is 5.32 Å². The van der Waals surface area contributed by atoms with Crippen LogP contribution in [0.3, 0.4) is 0 Å². The average Bonchev–Trinajstić information content (AvgIpc) is 2.33. The number of nitrogens with zero attached hydrogens (tertiary/aromatic N) is 1. The molecule has 18 heavy (non-hydrogen) atoms. The van der Waals surface area contributed by atoms with E-state index >= 15 is 0 Å². The van der Waals surface area contributed by atoms with Crippen LogP contribution in [0.2, 0.25) is 0 Å². The molecule has 3 heteroatoms. The van der Waals surface area contributed by atoms with Crippen molar-refractivity contribution in [2.45, 2.75) is 59.9 Å². The molecule has 1 N–H and O–H groups in total. The zero-order valence-electron chi connectivity index (χ0n) is 12.2. The van der Waals surface area contributed by atoms with Crippen LogP contribution >= 0.6 is 0 Å². The van der Waals surface area contributed by atoms with Crippen molar-refractivity contribution in [1.29, 1.82) is 0 Å². The summed E-state index contributed by atoms with van der Waals surface area (Å²) in [6, 6.07) is 6.59. The lowest BCUT2D eigenvalue weighted by Crippen LogP contribution is -2.22. The van der Waals surface area contributed by atoms with Crippen molar-refractivity contribution in [3.63, 3.8) is 0 Å². The number of rotatable bonds is 7. The summed E-state index contributed by atoms with van der Waals surface area (Å²) in [5, 5.41) is 3.37. The molecule has 0 saturated carbocycles. The Hall–Kier alpha value is -0.930. The Morgan fingerprint density at radius 1 is 1.11 bits per heavy atom. The summed E-state index contributed by atoms with van der Waals surface area (Å²) in [4.78, 5) is 4.59. The first kappa shape index (κ1) is 15.1. The molecule has 0 spiro atoms. The average molecular weight is 250 g/mol. The first-order valence-electron chi connectivity index (χ1n) is 6.79. The molecule has 0 fully saturated rings. The molecule has 0 aliphatic heterocycles. The van der Waals surface area contributed by atoms with E-state index in [4.69, 9.17) is 4.74 Å². The summed E-state index contributed by atoms with van der Waals surface area (Å²) in [6.45, 7) is 12.1. The van der Waals surface area contributed by atoms with Crippen molar-refractivity contribution >= 4 is 0 Å². The van der Waals surface area contributed by atoms with Gasteiger partial charge in [-0.1, -0.05) is 33.8 Å². The molecule has 0 bridgehead atoms. The van der Waals surface area contributed by atoms with Crippen LogP contribution in [-0.4, -0.2) is 17.1 Å². The molecule has 0 saturated heterocycles. The number of nitrogens with one attached hydrogen (secondary N) is 1. The van der Waals surface area contributed by atoms with E-state index in [0.717, 1.165) is 17.9 Å². The Bertz CT molecular complexity index is 350. The third-order valence-corrected chi connectivity index (χ3v) is 2.99. The van der Waals surface area contributed by atoms with Gasteiger partial charge in [0.1, 0.15) is 0 Å². The second-order valence-corrected chi connectivity index (χ2v) is 5.42. The summed E-state index contributed by atoms with van der Waals surface area (Å²) in [5.41, 5.74) is 2.08. The van der Waals surface area contributed by atoms with Crippen LogP contribution in [-0.2, 0) is 17.9 Å². The molecule has 1 aromatic heterocycles. The van der Waals surface area contributed by atoms with Gasteiger partial charge in [-0.3, -0.25) is 4.98 Å². The number of hydrogen-bond acceptors (Lipinski definition) is 3. The largest absolute Gasteiger partial charge is 0.372 e. The lowest BCUT2D eigenvalue weighted by atomic mass is 10.1. The van der Waals surface area contributed by atoms with Crippen molar-refractivity contribution in [2.24, 2.45) is 5.92 Å². The van der Waals surface area contributed by atoms with E-state index < -0.39 is 0 Å². The zero-order chi connectivity index (χ0) is 13.5. The van der Waals surface area contributed by atoms with Gasteiger partial charge in [-0.05, 0) is 25.0 Å². The van der Waals surface area contributed by atoms with Crippen molar-refractivity contribution in [3.05, 3.63) is 29.6 Å². The molecule has 0 aromatic carbocycles. The number of pyridine rings is 1. The van der Waals surface area contributed by atoms with Gasteiger partial charge in [0.25, 0.3) is 0 Å². The van der Waals surface area contributed by atoms with E-state index in [9.17, 15) is 0 Å². The molecule has 0 aliphatic carbocycles. The van der Waals surface area contributed by atoms with Crippen LogP contribution in [0.25, 0.3) is 0 Å². The Kier molecular flexibility index (Phi) is 6.30. The fraction of sp³-hybridized carbons (Fsp3) is 0.667. The fourth-order valence-corrected chi connectivity index (χ4v) is 1.43. The Balaban J connectivity index is 2.49. The number of hydrogen-bond donors (Lipinski definition) is 1. The highest BCUT2D eigenvalue weighted by Gasteiger charge is 2.08. The minimum absolute atomic E-state index is 0.268. The van der Waals surface area contributed by atoms with Crippen molar-refractivity contribution in [1.82, 2.24) is 10.3 Å². The normalized spacial score (nSPS) is 13.3. The molecule has 102 valence electrons. The molecule has 1 rings (SSSR count). The quantitative estimate of drug-likeness (QED) is 0.807. The van der Waals surface area contributed by atoms with Crippen LogP contribution in [0, 0.1) is 5.92 Å². The fourth-order valence-electron chi connectivity index (χ4n) is 1.43. The molecule has 0 amide bonds. The number of aromatic nitrogens is 1. The van der Waals surface area contributed by atoms with Crippen LogP contribution in [0.5, 0.6) is 0 Å². The van der Waals surface area contributed by atoms with Gasteiger partial charge in [0.15, 0.2) is 0 Å². The molecular weight excluding hydrogens is 224 g/mol. The third-order valence-electron chi connectivity index (χ3n) is 2.99. The topological polar surface area (TPSA) is 34.1 Å². The molecule has 0 aliphatic rings. The van der Waals surface area contributed by atoms with Gasteiger partial charge in [-0.2, -0.15) is 0 Å². The maximum Gasteiger partial charge on any atom is 0.0891 e. The van der Waals surface area contributed by atoms with E-state index in [1.165, 1.54) is 0 Å². The van der Waals surface area contributed by atoms with Crippen LogP contribution in [0.1, 0.15) is 46.0 Å². The summed E-state index contributed by atoms with van der Waals surface area (Å²) >= 11 is 0. The molecular formula is C15H26N2O. The van der Waals surface area contributed by atoms with Gasteiger partial charge < -0.3 is 10.1 Å². The first-order valence-corrected chi connectivity index (χ1v) is 6.79. The summed E-state index contributed by atoms with van der Waals surface area (Å²) in [7, 11) is 0. The molecule has 1 atom stereocenters. The van der Waals surface area contributed by atoms with E-state index in [-0.39, 0.29) is 6.10 Å². The minimum Gasteiger partial charge on any atom is -0.372 e. The minimum atomic E-state index is 0.268. The smallest absolute Gasteiger partial charge is 0.0891 e. The molecule has 1 aromatic rings. The van der Waals surface area contributed by atoms with Crippen LogP contribution in [0.15, 0.2) is 18.2 Å². The first-order chi connectivity index (χ1) is 8.49. The van der Waals surface area contributed by atoms with Crippen molar-refractivity contribution in [3.8, 4) is 0 Å². The van der Waals surface area contributed by atoms with Gasteiger partial charge in [-0.25, -0.2) is 0 Å². The Morgan fingerprint density at radius 3 is 2.39 bits per heavy atom. The van der Waals surface area contributed by atoms with Crippen molar-refractivity contribution in [2.75, 3.05) is 0 Å². The molecule has 1 unspecified atom stereocenters. The van der Waals surface area contributed by atoms with E-state index in [1.807, 2.05) is 18.2 Å². The summed E-state index contributed by atoms with van der Waals surface area (Å²) < 4.78 is 5.79. The highest BCUT2D eigenvalue weighted by molar-refractivity contribution is 5.10. The van der Waals surface area contributed by atoms with Gasteiger partial charge in [0, 0.05) is 12.6 Å². The maximum atomic E-state index is 5.79. The lowest BCUT2D eigenvalue weighted by molar-refractivity contribution is 0.0217. The van der Waals surface area contributed by atoms with Gasteiger partial charge in [-0.15, -0.1) is 0 Å². The number of ether oxygens (including phenoxy) is 1. The molecule has 3 nitrogen and oxygen atoms in total. The Morgan fingerprint density at radius 2 is 1.78 bits per heavy atom. The second-order valence-electron chi connectivity index (χ2n) is 5.42. The summed E-state index contributed by atoms with van der Waals surface area (Å²) in [6.07, 6.45) is 0.268. The van der Waals surface area contributed by atoms with E-state index in [1.54, 1.807) is 0 Å². The second kappa shape index (κ2) is 7.49. The van der Waals surface area contributed by atoms with E-state index in [2.05, 4.69) is 44.9 Å². The predicted octanol–water partition coefficient (Wildman–Crippen LogP) is 3.14. The highest BCUT2D eigenvalue weighted by atomic mass is 16.5. The summed E-state index contributed by atoms with van der Waals surface area (Å²) in [5.74, 6) is 0.538. The van der Waals surface area contributed by atoms with Gasteiger partial charge >= 0.3 is 0 Å². The maximum absolute atomic E-state index is 5.79. The molecule has 0 radical (unpaired) electrons. The standard InChI is InChI=1S/C15H26N2O/c1-11(2)13(5)18-10-15-8-6-7-14(17-15)9-16-12(3)4/h6-8,11-13,16H,9-10H2,1-5H3. The highest BCUT2D eigenvalue weighted by Crippen LogP contribution is 2.09. The lowest BCUT2D eigenvalue weighted by Gasteiger charge is -2.16.